The van der Waals surface area contributed by atoms with Gasteiger partial charge < -0.3 is 9.94 Å². The molecule has 18 heavy (non-hydrogen) atoms. The van der Waals surface area contributed by atoms with E-state index in [1.807, 2.05) is 48.5 Å². The fraction of sp³-hybridized carbons (Fsp3) is 0.133. The van der Waals surface area contributed by atoms with Gasteiger partial charge in [-0.2, -0.15) is 0 Å². The lowest BCUT2D eigenvalue weighted by molar-refractivity contribution is 0.215. The van der Waals surface area contributed by atoms with Crippen molar-refractivity contribution in [3.8, 4) is 11.1 Å². The first-order valence-electron chi connectivity index (χ1n) is 5.71. The Labute approximate surface area is 106 Å². The van der Waals surface area contributed by atoms with Crippen LogP contribution in [0.3, 0.4) is 0 Å². The Bertz CT molecular complexity index is 535. The maximum Gasteiger partial charge on any atom is 0.106 e. The number of nitrogens with zero attached hydrogens (tertiary/aromatic N) is 1. The van der Waals surface area contributed by atoms with Crippen molar-refractivity contribution in [2.45, 2.75) is 6.61 Å². The van der Waals surface area contributed by atoms with Crippen LogP contribution in [0.4, 0.5) is 0 Å². The third kappa shape index (κ3) is 2.76. The van der Waals surface area contributed by atoms with E-state index < -0.39 is 0 Å². The van der Waals surface area contributed by atoms with E-state index in [0.717, 1.165) is 22.3 Å². The van der Waals surface area contributed by atoms with Crippen LogP contribution in [0.5, 0.6) is 0 Å². The summed E-state index contributed by atoms with van der Waals surface area (Å²) in [5, 5.41) is 13.0. The lowest BCUT2D eigenvalue weighted by Gasteiger charge is -2.06. The number of aliphatic hydroxyl groups is 1. The first-order valence-corrected chi connectivity index (χ1v) is 5.71. The van der Waals surface area contributed by atoms with Crippen molar-refractivity contribution in [3.05, 3.63) is 59.7 Å². The first-order chi connectivity index (χ1) is 8.85. The number of hydrogen-bond donors (Lipinski definition) is 1. The molecule has 0 saturated carbocycles. The highest BCUT2D eigenvalue weighted by Gasteiger charge is 2.03. The van der Waals surface area contributed by atoms with Crippen molar-refractivity contribution in [1.29, 1.82) is 0 Å². The number of rotatable bonds is 4. The molecule has 2 rings (SSSR count). The average molecular weight is 241 g/mol. The fourth-order valence-corrected chi connectivity index (χ4v) is 1.78. The Morgan fingerprint density at radius 3 is 2.56 bits per heavy atom. The van der Waals surface area contributed by atoms with E-state index in [9.17, 15) is 5.11 Å². The highest BCUT2D eigenvalue weighted by molar-refractivity contribution is 5.84. The molecule has 3 heteroatoms. The molecule has 0 heterocycles. The molecule has 1 N–H and O–H groups in total. The molecular formula is C15H15NO2. The zero-order valence-corrected chi connectivity index (χ0v) is 10.2. The third-order valence-electron chi connectivity index (χ3n) is 2.72. The summed E-state index contributed by atoms with van der Waals surface area (Å²) < 4.78 is 0. The van der Waals surface area contributed by atoms with E-state index in [-0.39, 0.29) is 6.61 Å². The highest BCUT2D eigenvalue weighted by Crippen LogP contribution is 2.21. The average Bonchev–Trinajstić information content (AvgIpc) is 2.45. The SMILES string of the molecule is CON=Cc1cc(-c2ccccc2)ccc1CO. The Balaban J connectivity index is 2.43. The van der Waals surface area contributed by atoms with Crippen LogP contribution in [-0.4, -0.2) is 18.4 Å². The first kappa shape index (κ1) is 12.3. The van der Waals surface area contributed by atoms with Gasteiger partial charge in [-0.05, 0) is 22.8 Å². The van der Waals surface area contributed by atoms with Gasteiger partial charge in [-0.3, -0.25) is 0 Å². The molecule has 0 fully saturated rings. The standard InChI is InChI=1S/C15H15NO2/c1-18-16-10-15-9-13(7-8-14(15)11-17)12-5-3-2-4-6-12/h2-10,17H,11H2,1H3. The minimum absolute atomic E-state index is 0.0138. The Morgan fingerprint density at radius 1 is 1.11 bits per heavy atom. The van der Waals surface area contributed by atoms with Gasteiger partial charge in [0.15, 0.2) is 0 Å². The predicted molar refractivity (Wildman–Crippen MR) is 72.4 cm³/mol. The molecule has 0 unspecified atom stereocenters. The summed E-state index contributed by atoms with van der Waals surface area (Å²) in [5.74, 6) is 0. The summed E-state index contributed by atoms with van der Waals surface area (Å²) >= 11 is 0. The van der Waals surface area contributed by atoms with Gasteiger partial charge in [0, 0.05) is 5.56 Å². The second kappa shape index (κ2) is 5.98. The van der Waals surface area contributed by atoms with Crippen molar-refractivity contribution in [2.75, 3.05) is 7.11 Å². The van der Waals surface area contributed by atoms with Crippen LogP contribution in [0.2, 0.25) is 0 Å². The summed E-state index contributed by atoms with van der Waals surface area (Å²) in [4.78, 5) is 4.68. The normalized spacial score (nSPS) is 10.8. The quantitative estimate of drug-likeness (QED) is 0.660. The molecule has 2 aromatic carbocycles. The minimum atomic E-state index is -0.0138. The number of benzene rings is 2. The van der Waals surface area contributed by atoms with E-state index in [2.05, 4.69) is 9.99 Å². The monoisotopic (exact) mass is 241 g/mol. The molecule has 0 aliphatic heterocycles. The van der Waals surface area contributed by atoms with Gasteiger partial charge in [-0.1, -0.05) is 47.6 Å². The molecule has 92 valence electrons. The molecule has 0 aromatic heterocycles. The number of hydrogen-bond acceptors (Lipinski definition) is 3. The van der Waals surface area contributed by atoms with Gasteiger partial charge >= 0.3 is 0 Å². The van der Waals surface area contributed by atoms with Crippen LogP contribution in [0, 0.1) is 0 Å². The molecular weight excluding hydrogens is 226 g/mol. The van der Waals surface area contributed by atoms with E-state index >= 15 is 0 Å². The fourth-order valence-electron chi connectivity index (χ4n) is 1.78. The van der Waals surface area contributed by atoms with E-state index in [4.69, 9.17) is 0 Å². The molecule has 0 radical (unpaired) electrons. The van der Waals surface area contributed by atoms with Crippen molar-refractivity contribution in [2.24, 2.45) is 5.16 Å². The summed E-state index contributed by atoms with van der Waals surface area (Å²) in [6.07, 6.45) is 1.61. The molecule has 0 aliphatic rings. The summed E-state index contributed by atoms with van der Waals surface area (Å²) in [7, 11) is 1.50. The van der Waals surface area contributed by atoms with E-state index in [1.165, 1.54) is 7.11 Å². The molecule has 0 amide bonds. The Kier molecular flexibility index (Phi) is 4.10. The predicted octanol–water partition coefficient (Wildman–Crippen LogP) is 2.83. The van der Waals surface area contributed by atoms with Crippen LogP contribution in [0.1, 0.15) is 11.1 Å². The molecule has 3 nitrogen and oxygen atoms in total. The Morgan fingerprint density at radius 2 is 1.89 bits per heavy atom. The van der Waals surface area contributed by atoms with Gasteiger partial charge in [0.05, 0.1) is 12.8 Å². The molecule has 0 atom stereocenters. The van der Waals surface area contributed by atoms with Crippen LogP contribution in [0.25, 0.3) is 11.1 Å². The topological polar surface area (TPSA) is 41.8 Å². The van der Waals surface area contributed by atoms with Crippen molar-refractivity contribution < 1.29 is 9.94 Å². The molecule has 0 aliphatic carbocycles. The molecule has 0 saturated heterocycles. The smallest absolute Gasteiger partial charge is 0.106 e. The lowest BCUT2D eigenvalue weighted by Crippen LogP contribution is -1.94. The number of oxime groups is 1. The highest BCUT2D eigenvalue weighted by atomic mass is 16.6. The third-order valence-corrected chi connectivity index (χ3v) is 2.72. The number of aliphatic hydroxyl groups excluding tert-OH is 1. The van der Waals surface area contributed by atoms with Gasteiger partial charge in [0.1, 0.15) is 7.11 Å². The summed E-state index contributed by atoms with van der Waals surface area (Å²) in [6, 6.07) is 16.0. The largest absolute Gasteiger partial charge is 0.399 e. The molecule has 0 spiro atoms. The summed E-state index contributed by atoms with van der Waals surface area (Å²) in [5.41, 5.74) is 3.91. The van der Waals surface area contributed by atoms with Crippen molar-refractivity contribution in [1.82, 2.24) is 0 Å². The molecule has 0 bridgehead atoms. The van der Waals surface area contributed by atoms with E-state index in [1.54, 1.807) is 6.21 Å². The maximum atomic E-state index is 9.28. The second-order valence-corrected chi connectivity index (χ2v) is 3.85. The van der Waals surface area contributed by atoms with Crippen molar-refractivity contribution >= 4 is 6.21 Å². The van der Waals surface area contributed by atoms with Crippen LogP contribution in [-0.2, 0) is 11.4 Å². The van der Waals surface area contributed by atoms with Gasteiger partial charge in [-0.25, -0.2) is 0 Å². The maximum absolute atomic E-state index is 9.28. The summed E-state index contributed by atoms with van der Waals surface area (Å²) in [6.45, 7) is -0.0138. The van der Waals surface area contributed by atoms with Crippen LogP contribution in [0.15, 0.2) is 53.7 Å². The second-order valence-electron chi connectivity index (χ2n) is 3.85. The van der Waals surface area contributed by atoms with Gasteiger partial charge in [0.25, 0.3) is 0 Å². The van der Waals surface area contributed by atoms with Crippen LogP contribution < -0.4 is 0 Å². The van der Waals surface area contributed by atoms with Gasteiger partial charge in [-0.15, -0.1) is 0 Å². The zero-order valence-electron chi connectivity index (χ0n) is 10.2. The van der Waals surface area contributed by atoms with Crippen LogP contribution >= 0.6 is 0 Å². The van der Waals surface area contributed by atoms with E-state index in [0.29, 0.717) is 0 Å². The van der Waals surface area contributed by atoms with Crippen molar-refractivity contribution in [3.63, 3.8) is 0 Å². The lowest BCUT2D eigenvalue weighted by atomic mass is 10.00. The van der Waals surface area contributed by atoms with Gasteiger partial charge in [0.2, 0.25) is 0 Å². The minimum Gasteiger partial charge on any atom is -0.399 e. The zero-order chi connectivity index (χ0) is 12.8. The molecule has 2 aromatic rings. The Hall–Kier alpha value is -2.13.